The lowest BCUT2D eigenvalue weighted by atomic mass is 10.0. The molecule has 0 atom stereocenters. The number of nitrogens with one attached hydrogen (secondary N) is 2. The van der Waals surface area contributed by atoms with Crippen molar-refractivity contribution in [2.45, 2.75) is 52.1 Å². The third-order valence-electron chi connectivity index (χ3n) is 5.29. The van der Waals surface area contributed by atoms with Gasteiger partial charge in [0.25, 0.3) is 11.5 Å². The molecule has 154 valence electrons. The Balaban J connectivity index is 1.48. The molecule has 1 aliphatic heterocycles. The molecule has 0 unspecified atom stereocenters. The number of amides is 1. The molecule has 0 bridgehead atoms. The lowest BCUT2D eigenvalue weighted by Gasteiger charge is -2.32. The summed E-state index contributed by atoms with van der Waals surface area (Å²) in [6.07, 6.45) is 4.62. The zero-order chi connectivity index (χ0) is 20.8. The highest BCUT2D eigenvalue weighted by Gasteiger charge is 2.25. The largest absolute Gasteiger partial charge is 0.469 e. The lowest BCUT2D eigenvalue weighted by molar-refractivity contribution is 0.0929. The van der Waals surface area contributed by atoms with Crippen LogP contribution in [0.25, 0.3) is 11.0 Å². The summed E-state index contributed by atoms with van der Waals surface area (Å²) >= 11 is 0. The van der Waals surface area contributed by atoms with E-state index < -0.39 is 0 Å². The molecule has 0 aliphatic carbocycles. The van der Waals surface area contributed by atoms with E-state index >= 15 is 0 Å². The molecule has 0 aromatic carbocycles. The lowest BCUT2D eigenvalue weighted by Crippen LogP contribution is -2.45. The molecule has 4 heterocycles. The van der Waals surface area contributed by atoms with E-state index in [1.54, 1.807) is 23.9 Å². The monoisotopic (exact) mass is 398 g/mol. The number of furan rings is 1. The Labute approximate surface area is 168 Å². The minimum absolute atomic E-state index is 0.0728. The van der Waals surface area contributed by atoms with Gasteiger partial charge in [0, 0.05) is 19.1 Å². The first-order valence-electron chi connectivity index (χ1n) is 9.82. The second kappa shape index (κ2) is 7.06. The van der Waals surface area contributed by atoms with E-state index in [0.717, 1.165) is 12.8 Å². The number of aromatic nitrogens is 4. The number of H-pyrrole nitrogens is 1. The van der Waals surface area contributed by atoms with Crippen molar-refractivity contribution >= 4 is 22.9 Å². The summed E-state index contributed by atoms with van der Waals surface area (Å²) in [5.41, 5.74) is 0.690. The normalized spacial score (nSPS) is 15.8. The Hall–Kier alpha value is -3.10. The highest BCUT2D eigenvalue weighted by atomic mass is 16.3. The predicted octanol–water partition coefficient (Wildman–Crippen LogP) is 2.17. The number of nitrogens with zero attached hydrogens (tertiary/aromatic N) is 4. The van der Waals surface area contributed by atoms with Crippen LogP contribution in [0.3, 0.4) is 0 Å². The van der Waals surface area contributed by atoms with Gasteiger partial charge < -0.3 is 14.6 Å². The molecule has 9 nitrogen and oxygen atoms in total. The van der Waals surface area contributed by atoms with E-state index in [2.05, 4.69) is 15.4 Å². The van der Waals surface area contributed by atoms with Crippen molar-refractivity contribution in [2.24, 2.45) is 0 Å². The molecule has 0 radical (unpaired) electrons. The van der Waals surface area contributed by atoms with Crippen molar-refractivity contribution in [1.29, 1.82) is 0 Å². The van der Waals surface area contributed by atoms with Crippen molar-refractivity contribution in [1.82, 2.24) is 25.1 Å². The van der Waals surface area contributed by atoms with Gasteiger partial charge in [-0.1, -0.05) is 0 Å². The fourth-order valence-electron chi connectivity index (χ4n) is 3.67. The fraction of sp³-hybridized carbons (Fsp3) is 0.500. The van der Waals surface area contributed by atoms with Gasteiger partial charge in [0.1, 0.15) is 11.1 Å². The molecule has 2 N–H and O–H groups in total. The van der Waals surface area contributed by atoms with Crippen LogP contribution in [0.15, 0.2) is 27.7 Å². The second-order valence-electron chi connectivity index (χ2n) is 8.48. The summed E-state index contributed by atoms with van der Waals surface area (Å²) in [7, 11) is 0. The Morgan fingerprint density at radius 3 is 2.66 bits per heavy atom. The van der Waals surface area contributed by atoms with E-state index in [-0.39, 0.29) is 23.0 Å². The average Bonchev–Trinajstić information content (AvgIpc) is 3.28. The van der Waals surface area contributed by atoms with Crippen LogP contribution in [0.5, 0.6) is 0 Å². The maximum atomic E-state index is 12.5. The number of hydrogen-bond donors (Lipinski definition) is 2. The van der Waals surface area contributed by atoms with Crippen LogP contribution in [0.2, 0.25) is 0 Å². The van der Waals surface area contributed by atoms with Crippen molar-refractivity contribution in [3.8, 4) is 0 Å². The van der Waals surface area contributed by atoms with E-state index in [0.29, 0.717) is 41.4 Å². The quantitative estimate of drug-likeness (QED) is 0.700. The summed E-state index contributed by atoms with van der Waals surface area (Å²) in [5, 5.41) is 7.91. The van der Waals surface area contributed by atoms with Gasteiger partial charge >= 0.3 is 0 Å². The zero-order valence-corrected chi connectivity index (χ0v) is 17.2. The van der Waals surface area contributed by atoms with E-state index in [1.165, 1.54) is 6.26 Å². The second-order valence-corrected chi connectivity index (χ2v) is 8.48. The van der Waals surface area contributed by atoms with Crippen LogP contribution in [-0.2, 0) is 5.54 Å². The summed E-state index contributed by atoms with van der Waals surface area (Å²) in [6, 6.07) is 1.76. The molecular formula is C20H26N6O3. The first-order valence-corrected chi connectivity index (χ1v) is 9.82. The summed E-state index contributed by atoms with van der Waals surface area (Å²) in [6.45, 7) is 9.23. The number of aromatic amines is 1. The summed E-state index contributed by atoms with van der Waals surface area (Å²) in [5.74, 6) is 1.05. The van der Waals surface area contributed by atoms with Gasteiger partial charge in [0.15, 0.2) is 5.65 Å². The van der Waals surface area contributed by atoms with E-state index in [1.807, 2.05) is 25.7 Å². The number of aryl methyl sites for hydroxylation is 1. The number of anilines is 1. The van der Waals surface area contributed by atoms with Crippen molar-refractivity contribution in [3.05, 3.63) is 40.2 Å². The topological polar surface area (TPSA) is 109 Å². The number of piperidine rings is 1. The molecule has 1 fully saturated rings. The number of carbonyl (C=O) groups excluding carboxylic acids is 1. The predicted molar refractivity (Wildman–Crippen MR) is 109 cm³/mol. The van der Waals surface area contributed by atoms with E-state index in [9.17, 15) is 9.59 Å². The maximum Gasteiger partial charge on any atom is 0.263 e. The number of fused-ring (bicyclic) bond motifs is 1. The molecule has 3 aromatic rings. The molecule has 3 aromatic heterocycles. The molecule has 1 saturated heterocycles. The number of rotatable bonds is 3. The number of carbonyl (C=O) groups is 1. The van der Waals surface area contributed by atoms with Crippen LogP contribution in [0.4, 0.5) is 5.95 Å². The fourth-order valence-corrected chi connectivity index (χ4v) is 3.67. The zero-order valence-electron chi connectivity index (χ0n) is 17.2. The van der Waals surface area contributed by atoms with Crippen LogP contribution in [0.1, 0.15) is 49.7 Å². The third-order valence-corrected chi connectivity index (χ3v) is 5.29. The highest BCUT2D eigenvalue weighted by molar-refractivity contribution is 5.95. The van der Waals surface area contributed by atoms with Gasteiger partial charge in [-0.2, -0.15) is 10.1 Å². The Bertz CT molecular complexity index is 1100. The standard InChI is InChI=1S/C20H26N6O3/c1-12-14(7-10-29-12)17(27)22-13-5-8-25(9-6-13)19-23-16-15(18(28)24-19)11-21-26(16)20(2,3)4/h7,10-11,13H,5-6,8-9H2,1-4H3,(H,22,27)(H,23,24,28). The summed E-state index contributed by atoms with van der Waals surface area (Å²) < 4.78 is 6.98. The molecular weight excluding hydrogens is 372 g/mol. The molecule has 0 spiro atoms. The van der Waals surface area contributed by atoms with Crippen LogP contribution in [-0.4, -0.2) is 44.8 Å². The molecule has 29 heavy (non-hydrogen) atoms. The SMILES string of the molecule is Cc1occc1C(=O)NC1CCN(c2nc3c(cnn3C(C)(C)C)c(=O)[nH]2)CC1. The van der Waals surface area contributed by atoms with Crippen molar-refractivity contribution < 1.29 is 9.21 Å². The minimum atomic E-state index is -0.275. The summed E-state index contributed by atoms with van der Waals surface area (Å²) in [4.78, 5) is 34.5. The number of hydrogen-bond acceptors (Lipinski definition) is 6. The van der Waals surface area contributed by atoms with Crippen LogP contribution in [0, 0.1) is 6.92 Å². The molecule has 1 amide bonds. The Kier molecular flexibility index (Phi) is 4.68. The minimum Gasteiger partial charge on any atom is -0.469 e. The Morgan fingerprint density at radius 2 is 2.03 bits per heavy atom. The average molecular weight is 398 g/mol. The van der Waals surface area contributed by atoms with Crippen molar-refractivity contribution in [2.75, 3.05) is 18.0 Å². The van der Waals surface area contributed by atoms with Crippen LogP contribution >= 0.6 is 0 Å². The third kappa shape index (κ3) is 3.64. The van der Waals surface area contributed by atoms with Crippen molar-refractivity contribution in [3.63, 3.8) is 0 Å². The van der Waals surface area contributed by atoms with Gasteiger partial charge in [-0.15, -0.1) is 0 Å². The van der Waals surface area contributed by atoms with Crippen LogP contribution < -0.4 is 15.8 Å². The molecule has 9 heteroatoms. The molecule has 4 rings (SSSR count). The van der Waals surface area contributed by atoms with Gasteiger partial charge in [-0.3, -0.25) is 14.6 Å². The Morgan fingerprint density at radius 1 is 1.31 bits per heavy atom. The maximum absolute atomic E-state index is 12.5. The van der Waals surface area contributed by atoms with Gasteiger partial charge in [0.05, 0.1) is 23.6 Å². The highest BCUT2D eigenvalue weighted by Crippen LogP contribution is 2.21. The molecule has 0 saturated carbocycles. The van der Waals surface area contributed by atoms with Gasteiger partial charge in [-0.25, -0.2) is 4.68 Å². The first kappa shape index (κ1) is 19.2. The van der Waals surface area contributed by atoms with Gasteiger partial charge in [-0.05, 0) is 46.6 Å². The van der Waals surface area contributed by atoms with Gasteiger partial charge in [0.2, 0.25) is 5.95 Å². The smallest absolute Gasteiger partial charge is 0.263 e. The first-order chi connectivity index (χ1) is 13.7. The van der Waals surface area contributed by atoms with E-state index in [4.69, 9.17) is 9.40 Å². The molecule has 1 aliphatic rings.